The zero-order chi connectivity index (χ0) is 40.5. The molecule has 1 aliphatic carbocycles. The molecule has 0 radical (unpaired) electrons. The van der Waals surface area contributed by atoms with Crippen molar-refractivity contribution in [3.05, 3.63) is 241 Å². The predicted octanol–water partition coefficient (Wildman–Crippen LogP) is 15.6. The van der Waals surface area contributed by atoms with Crippen LogP contribution in [-0.2, 0) is 5.41 Å². The summed E-state index contributed by atoms with van der Waals surface area (Å²) in [5.74, 6) is 1.74. The molecule has 0 unspecified atom stereocenters. The third kappa shape index (κ3) is 4.34. The van der Waals surface area contributed by atoms with Crippen LogP contribution in [0.2, 0.25) is 0 Å². The molecular weight excluding hydrogens is 753 g/mol. The summed E-state index contributed by atoms with van der Waals surface area (Å²) < 4.78 is 9.54. The van der Waals surface area contributed by atoms with Crippen LogP contribution < -0.4 is 9.64 Å². The molecule has 14 rings (SSSR count). The standard InChI is InChI=1S/C59H36N2O/c1-2-14-37(15-3-1)38-28-30-39(31-29-38)60(53-34-35-54-57-44(19-12-22-47(53)57)46-21-13-20-45-43-18-6-10-26-52(43)61(54)58(45)46)40-32-33-51-56(36-40)62-55-27-11-9-25-50(55)59(51)48-23-7-4-16-41(48)42-17-5-8-24-49(42)59/h1-36H. The lowest BCUT2D eigenvalue weighted by Gasteiger charge is -2.40. The van der Waals surface area contributed by atoms with Crippen molar-refractivity contribution in [2.75, 3.05) is 4.90 Å². The molecule has 3 heteroatoms. The number of rotatable bonds is 4. The zero-order valence-electron chi connectivity index (χ0n) is 33.6. The van der Waals surface area contributed by atoms with Crippen molar-refractivity contribution >= 4 is 65.9 Å². The minimum absolute atomic E-state index is 0.531. The van der Waals surface area contributed by atoms with Crippen molar-refractivity contribution < 1.29 is 4.74 Å². The molecule has 10 aromatic carbocycles. The first-order chi connectivity index (χ1) is 30.8. The van der Waals surface area contributed by atoms with Crippen LogP contribution in [0.5, 0.6) is 11.5 Å². The first kappa shape index (κ1) is 33.7. The van der Waals surface area contributed by atoms with Crippen molar-refractivity contribution in [3.63, 3.8) is 0 Å². The summed E-state index contributed by atoms with van der Waals surface area (Å²) in [5, 5.41) is 7.51. The third-order valence-electron chi connectivity index (χ3n) is 13.8. The predicted molar refractivity (Wildman–Crippen MR) is 256 cm³/mol. The van der Waals surface area contributed by atoms with Crippen LogP contribution in [0, 0.1) is 0 Å². The molecule has 0 bridgehead atoms. The summed E-state index contributed by atoms with van der Waals surface area (Å²) in [5.41, 5.74) is 16.2. The molecule has 3 heterocycles. The fourth-order valence-electron chi connectivity index (χ4n) is 11.3. The Morgan fingerprint density at radius 1 is 0.371 bits per heavy atom. The number of fused-ring (bicyclic) bond motifs is 14. The van der Waals surface area contributed by atoms with Gasteiger partial charge >= 0.3 is 0 Å². The van der Waals surface area contributed by atoms with E-state index in [1.165, 1.54) is 87.8 Å². The molecule has 288 valence electrons. The number of nitrogens with zero attached hydrogens (tertiary/aromatic N) is 2. The van der Waals surface area contributed by atoms with Crippen LogP contribution in [0.1, 0.15) is 22.3 Å². The molecule has 2 aliphatic rings. The number of ether oxygens (including phenoxy) is 1. The van der Waals surface area contributed by atoms with Crippen molar-refractivity contribution in [1.29, 1.82) is 0 Å². The Balaban J connectivity index is 1.04. The second-order valence-electron chi connectivity index (χ2n) is 16.8. The summed E-state index contributed by atoms with van der Waals surface area (Å²) in [4.78, 5) is 2.43. The van der Waals surface area contributed by atoms with E-state index >= 15 is 0 Å². The second-order valence-corrected chi connectivity index (χ2v) is 16.8. The van der Waals surface area contributed by atoms with Gasteiger partial charge in [-0.3, -0.25) is 0 Å². The molecule has 0 amide bonds. The maximum Gasteiger partial charge on any atom is 0.134 e. The summed E-state index contributed by atoms with van der Waals surface area (Å²) in [7, 11) is 0. The molecule has 1 spiro atoms. The Morgan fingerprint density at radius 3 is 1.74 bits per heavy atom. The van der Waals surface area contributed by atoms with Crippen LogP contribution in [-0.4, -0.2) is 4.40 Å². The van der Waals surface area contributed by atoms with E-state index in [0.717, 1.165) is 34.1 Å². The van der Waals surface area contributed by atoms with Gasteiger partial charge < -0.3 is 14.0 Å². The second kappa shape index (κ2) is 12.4. The molecule has 0 atom stereocenters. The first-order valence-corrected chi connectivity index (χ1v) is 21.4. The van der Waals surface area contributed by atoms with E-state index in [-0.39, 0.29) is 0 Å². The van der Waals surface area contributed by atoms with Crippen molar-refractivity contribution in [3.8, 4) is 33.8 Å². The van der Waals surface area contributed by atoms with Crippen LogP contribution in [0.3, 0.4) is 0 Å². The van der Waals surface area contributed by atoms with Gasteiger partial charge in [0, 0.05) is 55.5 Å². The van der Waals surface area contributed by atoms with E-state index in [1.54, 1.807) is 0 Å². The fraction of sp³-hybridized carbons (Fsp3) is 0.0169. The first-order valence-electron chi connectivity index (χ1n) is 21.4. The summed E-state index contributed by atoms with van der Waals surface area (Å²) in [6.07, 6.45) is 0. The van der Waals surface area contributed by atoms with E-state index in [2.05, 4.69) is 228 Å². The third-order valence-corrected chi connectivity index (χ3v) is 13.8. The van der Waals surface area contributed by atoms with Crippen LogP contribution in [0.4, 0.5) is 17.1 Å². The van der Waals surface area contributed by atoms with Gasteiger partial charge in [-0.25, -0.2) is 0 Å². The quantitative estimate of drug-likeness (QED) is 0.130. The summed E-state index contributed by atoms with van der Waals surface area (Å²) in [6.45, 7) is 0. The molecule has 62 heavy (non-hydrogen) atoms. The maximum absolute atomic E-state index is 7.06. The van der Waals surface area contributed by atoms with Crippen molar-refractivity contribution in [1.82, 2.24) is 4.40 Å². The van der Waals surface area contributed by atoms with Gasteiger partial charge in [0.1, 0.15) is 11.5 Å². The van der Waals surface area contributed by atoms with Gasteiger partial charge in [0.15, 0.2) is 0 Å². The van der Waals surface area contributed by atoms with E-state index in [0.29, 0.717) is 0 Å². The highest BCUT2D eigenvalue weighted by atomic mass is 16.5. The van der Waals surface area contributed by atoms with E-state index in [1.807, 2.05) is 0 Å². The van der Waals surface area contributed by atoms with Crippen molar-refractivity contribution in [2.24, 2.45) is 0 Å². The minimum Gasteiger partial charge on any atom is -0.457 e. The zero-order valence-corrected chi connectivity index (χ0v) is 33.6. The highest BCUT2D eigenvalue weighted by Gasteiger charge is 2.51. The average molecular weight is 789 g/mol. The molecule has 2 aromatic heterocycles. The minimum atomic E-state index is -0.531. The van der Waals surface area contributed by atoms with Crippen LogP contribution >= 0.6 is 0 Å². The smallest absolute Gasteiger partial charge is 0.134 e. The Hall–Kier alpha value is -8.14. The monoisotopic (exact) mass is 788 g/mol. The van der Waals surface area contributed by atoms with Gasteiger partial charge in [-0.2, -0.15) is 0 Å². The number of hydrogen-bond donors (Lipinski definition) is 0. The molecule has 0 fully saturated rings. The SMILES string of the molecule is c1ccc(-c2ccc(N(c3ccc4c(c3)Oc3ccccc3C43c4ccccc4-c4ccccc43)c3ccc4c5c3cccc5c3cccc5c6ccccc6n4c35)cc2)cc1. The van der Waals surface area contributed by atoms with Gasteiger partial charge in [0.25, 0.3) is 0 Å². The van der Waals surface area contributed by atoms with E-state index < -0.39 is 5.41 Å². The number of hydrogen-bond acceptors (Lipinski definition) is 2. The number of aromatic nitrogens is 1. The molecule has 0 N–H and O–H groups in total. The van der Waals surface area contributed by atoms with Crippen LogP contribution in [0.15, 0.2) is 218 Å². The maximum atomic E-state index is 7.06. The lowest BCUT2D eigenvalue weighted by Crippen LogP contribution is -2.32. The molecule has 0 saturated carbocycles. The lowest BCUT2D eigenvalue weighted by molar-refractivity contribution is 0.436. The highest BCUT2D eigenvalue weighted by molar-refractivity contribution is 6.28. The molecule has 1 aliphatic heterocycles. The summed E-state index contributed by atoms with van der Waals surface area (Å²) in [6, 6.07) is 80.0. The van der Waals surface area contributed by atoms with E-state index in [4.69, 9.17) is 4.74 Å². The van der Waals surface area contributed by atoms with Gasteiger partial charge in [0.05, 0.1) is 27.7 Å². The normalized spacial score (nSPS) is 13.4. The molecule has 12 aromatic rings. The number of para-hydroxylation sites is 3. The molecule has 0 saturated heterocycles. The Morgan fingerprint density at radius 2 is 0.952 bits per heavy atom. The van der Waals surface area contributed by atoms with Crippen molar-refractivity contribution in [2.45, 2.75) is 5.41 Å². The largest absolute Gasteiger partial charge is 0.457 e. The van der Waals surface area contributed by atoms with E-state index in [9.17, 15) is 0 Å². The molecule has 3 nitrogen and oxygen atoms in total. The Labute approximate surface area is 358 Å². The van der Waals surface area contributed by atoms with Gasteiger partial charge in [-0.15, -0.1) is 0 Å². The number of anilines is 3. The van der Waals surface area contributed by atoms with Crippen LogP contribution in [0.25, 0.3) is 71.1 Å². The average Bonchev–Trinajstić information content (AvgIpc) is 3.83. The Kier molecular flexibility index (Phi) is 6.76. The van der Waals surface area contributed by atoms with Gasteiger partial charge in [-0.1, -0.05) is 170 Å². The number of benzene rings is 10. The summed E-state index contributed by atoms with van der Waals surface area (Å²) >= 11 is 0. The number of pyridine rings is 1. The fourth-order valence-corrected chi connectivity index (χ4v) is 11.3. The van der Waals surface area contributed by atoms with Gasteiger partial charge in [-0.05, 0) is 81.2 Å². The Bertz CT molecular complexity index is 3740. The topological polar surface area (TPSA) is 16.9 Å². The molecular formula is C59H36N2O. The van der Waals surface area contributed by atoms with Gasteiger partial charge in [0.2, 0.25) is 0 Å². The lowest BCUT2D eigenvalue weighted by atomic mass is 9.66. The highest BCUT2D eigenvalue weighted by Crippen LogP contribution is 2.62.